The van der Waals surface area contributed by atoms with Gasteiger partial charge in [0.1, 0.15) is 0 Å². The van der Waals surface area contributed by atoms with E-state index in [1.54, 1.807) is 0 Å². The molecule has 0 saturated heterocycles. The van der Waals surface area contributed by atoms with Gasteiger partial charge in [-0.1, -0.05) is 176 Å². The number of fused-ring (bicyclic) bond motifs is 4. The highest BCUT2D eigenvalue weighted by molar-refractivity contribution is 6.10. The zero-order valence-electron chi connectivity index (χ0n) is 33.0. The summed E-state index contributed by atoms with van der Waals surface area (Å²) >= 11 is 0. The summed E-state index contributed by atoms with van der Waals surface area (Å²) in [6.07, 6.45) is 0. The molecule has 0 unspecified atom stereocenters. The van der Waals surface area contributed by atoms with E-state index in [2.05, 4.69) is 252 Å². The molecule has 11 rings (SSSR count). The Morgan fingerprint density at radius 3 is 1.52 bits per heavy atom. The van der Waals surface area contributed by atoms with E-state index in [1.807, 2.05) is 0 Å². The first-order valence-corrected chi connectivity index (χ1v) is 20.6. The number of anilines is 3. The van der Waals surface area contributed by atoms with Crippen molar-refractivity contribution in [3.8, 4) is 50.2 Å². The van der Waals surface area contributed by atoms with Crippen LogP contribution in [0.25, 0.3) is 82.8 Å². The van der Waals surface area contributed by atoms with Gasteiger partial charge in [0.05, 0.1) is 11.0 Å². The van der Waals surface area contributed by atoms with Crippen molar-refractivity contribution in [2.24, 2.45) is 0 Å². The maximum atomic E-state index is 2.45. The lowest BCUT2D eigenvalue weighted by Gasteiger charge is -2.28. The third-order valence-corrected chi connectivity index (χ3v) is 11.7. The molecule has 10 aromatic carbocycles. The Kier molecular flexibility index (Phi) is 8.87. The summed E-state index contributed by atoms with van der Waals surface area (Å²) in [6.45, 7) is 0. The summed E-state index contributed by atoms with van der Waals surface area (Å²) in [5.74, 6) is 0. The van der Waals surface area contributed by atoms with Crippen molar-refractivity contribution in [3.63, 3.8) is 0 Å². The predicted molar refractivity (Wildman–Crippen MR) is 255 cm³/mol. The molecule has 0 radical (unpaired) electrons. The van der Waals surface area contributed by atoms with Crippen LogP contribution in [0, 0.1) is 0 Å². The van der Waals surface area contributed by atoms with Crippen LogP contribution in [0.5, 0.6) is 0 Å². The summed E-state index contributed by atoms with van der Waals surface area (Å²) in [7, 11) is 0. The van der Waals surface area contributed by atoms with E-state index in [9.17, 15) is 0 Å². The topological polar surface area (TPSA) is 8.17 Å². The minimum atomic E-state index is 1.07. The predicted octanol–water partition coefficient (Wildman–Crippen LogP) is 16.1. The van der Waals surface area contributed by atoms with Gasteiger partial charge in [-0.2, -0.15) is 0 Å². The summed E-state index contributed by atoms with van der Waals surface area (Å²) in [6, 6.07) is 88.1. The highest BCUT2D eigenvalue weighted by atomic mass is 15.1. The number of hydrogen-bond donors (Lipinski definition) is 0. The second-order valence-electron chi connectivity index (χ2n) is 15.4. The lowest BCUT2D eigenvalue weighted by atomic mass is 9.92. The molecular formula is C58H40N2. The van der Waals surface area contributed by atoms with Crippen molar-refractivity contribution in [2.45, 2.75) is 0 Å². The third-order valence-electron chi connectivity index (χ3n) is 11.7. The highest BCUT2D eigenvalue weighted by Crippen LogP contribution is 2.45. The zero-order chi connectivity index (χ0) is 39.8. The van der Waals surface area contributed by atoms with E-state index >= 15 is 0 Å². The Morgan fingerprint density at radius 2 is 0.817 bits per heavy atom. The van der Waals surface area contributed by atoms with Gasteiger partial charge in [-0.3, -0.25) is 0 Å². The lowest BCUT2D eigenvalue weighted by molar-refractivity contribution is 1.18. The third kappa shape index (κ3) is 6.41. The molecule has 1 aromatic heterocycles. The van der Waals surface area contributed by atoms with Crippen molar-refractivity contribution in [1.82, 2.24) is 4.57 Å². The summed E-state index contributed by atoms with van der Waals surface area (Å²) in [5, 5.41) is 4.92. The van der Waals surface area contributed by atoms with E-state index in [0.29, 0.717) is 0 Å². The molecule has 1 heterocycles. The average Bonchev–Trinajstić information content (AvgIpc) is 3.66. The number of aromatic nitrogens is 1. The molecule has 0 aliphatic rings. The zero-order valence-corrected chi connectivity index (χ0v) is 33.0. The van der Waals surface area contributed by atoms with Crippen LogP contribution in [0.1, 0.15) is 0 Å². The van der Waals surface area contributed by atoms with E-state index in [0.717, 1.165) is 39.4 Å². The molecule has 0 atom stereocenters. The van der Waals surface area contributed by atoms with Crippen LogP contribution in [0.4, 0.5) is 17.1 Å². The van der Waals surface area contributed by atoms with Gasteiger partial charge in [-0.05, 0) is 122 Å². The maximum absolute atomic E-state index is 2.45. The van der Waals surface area contributed by atoms with E-state index in [-0.39, 0.29) is 0 Å². The van der Waals surface area contributed by atoms with Crippen molar-refractivity contribution < 1.29 is 0 Å². The molecular weight excluding hydrogens is 725 g/mol. The van der Waals surface area contributed by atoms with E-state index in [4.69, 9.17) is 0 Å². The standard InChI is InChI=1S/C58H40N2/c1-5-17-41(18-6-1)47-36-48(42-19-7-2-8-20-42)38-52(37-47)59(51-32-34-55-54-27-15-16-28-57(54)60(58(55)40-51)49-25-11-4-12-26-49)50-31-33-53(56(39-50)44-22-9-3-10-23-44)46-30-29-43-21-13-14-24-45(43)35-46/h1-40H. The Labute approximate surface area is 350 Å². The Morgan fingerprint density at radius 1 is 0.267 bits per heavy atom. The SMILES string of the molecule is c1ccc(-c2cc(-c3ccccc3)cc(N(c3ccc(-c4ccc5ccccc5c4)c(-c4ccccc4)c3)c3ccc4c5ccccc5n(-c5ccccc5)c4c3)c2)cc1. The number of benzene rings is 10. The minimum absolute atomic E-state index is 1.07. The molecule has 0 aliphatic heterocycles. The van der Waals surface area contributed by atoms with Gasteiger partial charge in [-0.25, -0.2) is 0 Å². The fourth-order valence-electron chi connectivity index (χ4n) is 8.87. The van der Waals surface area contributed by atoms with Gasteiger partial charge in [0.25, 0.3) is 0 Å². The number of hydrogen-bond acceptors (Lipinski definition) is 1. The average molecular weight is 765 g/mol. The van der Waals surface area contributed by atoms with Crippen molar-refractivity contribution in [2.75, 3.05) is 4.90 Å². The molecule has 0 N–H and O–H groups in total. The van der Waals surface area contributed by atoms with Crippen molar-refractivity contribution in [1.29, 1.82) is 0 Å². The van der Waals surface area contributed by atoms with Crippen LogP contribution >= 0.6 is 0 Å². The highest BCUT2D eigenvalue weighted by Gasteiger charge is 2.21. The van der Waals surface area contributed by atoms with Gasteiger partial charge in [0.15, 0.2) is 0 Å². The van der Waals surface area contributed by atoms with Crippen LogP contribution in [-0.4, -0.2) is 4.57 Å². The Bertz CT molecular complexity index is 3240. The fourth-order valence-corrected chi connectivity index (χ4v) is 8.87. The van der Waals surface area contributed by atoms with Gasteiger partial charge >= 0.3 is 0 Å². The lowest BCUT2D eigenvalue weighted by Crippen LogP contribution is -2.11. The quantitative estimate of drug-likeness (QED) is 0.150. The van der Waals surface area contributed by atoms with Gasteiger partial charge in [-0.15, -0.1) is 0 Å². The molecule has 2 heteroatoms. The second kappa shape index (κ2) is 15.1. The fraction of sp³-hybridized carbons (Fsp3) is 0. The van der Waals surface area contributed by atoms with Gasteiger partial charge < -0.3 is 9.47 Å². The number of para-hydroxylation sites is 2. The monoisotopic (exact) mass is 764 g/mol. The van der Waals surface area contributed by atoms with E-state index < -0.39 is 0 Å². The van der Waals surface area contributed by atoms with Crippen LogP contribution in [0.15, 0.2) is 243 Å². The molecule has 0 spiro atoms. The Balaban J connectivity index is 1.19. The summed E-state index contributed by atoms with van der Waals surface area (Å²) in [4.78, 5) is 2.45. The minimum Gasteiger partial charge on any atom is -0.310 e. The molecule has 0 aliphatic carbocycles. The maximum Gasteiger partial charge on any atom is 0.0561 e. The Hall–Kier alpha value is -7.94. The molecule has 60 heavy (non-hydrogen) atoms. The first-order valence-electron chi connectivity index (χ1n) is 20.6. The van der Waals surface area contributed by atoms with E-state index in [1.165, 1.54) is 60.4 Å². The van der Waals surface area contributed by atoms with Crippen molar-refractivity contribution >= 4 is 49.6 Å². The largest absolute Gasteiger partial charge is 0.310 e. The molecule has 2 nitrogen and oxygen atoms in total. The van der Waals surface area contributed by atoms with Gasteiger partial charge in [0.2, 0.25) is 0 Å². The van der Waals surface area contributed by atoms with Crippen molar-refractivity contribution in [3.05, 3.63) is 243 Å². The van der Waals surface area contributed by atoms with Gasteiger partial charge in [0, 0.05) is 33.5 Å². The molecule has 0 bridgehead atoms. The molecule has 0 amide bonds. The molecule has 0 saturated carbocycles. The number of nitrogens with zero attached hydrogens (tertiary/aromatic N) is 2. The van der Waals surface area contributed by atoms with Crippen LogP contribution in [-0.2, 0) is 0 Å². The van der Waals surface area contributed by atoms with Crippen LogP contribution in [0.3, 0.4) is 0 Å². The second-order valence-corrected chi connectivity index (χ2v) is 15.4. The summed E-state index contributed by atoms with van der Waals surface area (Å²) < 4.78 is 2.40. The summed E-state index contributed by atoms with van der Waals surface area (Å²) in [5.41, 5.74) is 16.1. The molecule has 0 fully saturated rings. The van der Waals surface area contributed by atoms with Crippen LogP contribution in [0.2, 0.25) is 0 Å². The molecule has 282 valence electrons. The van der Waals surface area contributed by atoms with Crippen LogP contribution < -0.4 is 4.90 Å². The normalized spacial score (nSPS) is 11.3. The number of rotatable bonds is 8. The smallest absolute Gasteiger partial charge is 0.0561 e. The first kappa shape index (κ1) is 35.2. The first-order chi connectivity index (χ1) is 29.7. The molecule has 11 aromatic rings.